The summed E-state index contributed by atoms with van der Waals surface area (Å²) in [7, 11) is 1.77. The second-order valence-corrected chi connectivity index (χ2v) is 8.23. The number of carbonyl (C=O) groups is 1. The molecule has 1 amide bonds. The van der Waals surface area contributed by atoms with Crippen molar-refractivity contribution in [3.63, 3.8) is 0 Å². The minimum absolute atomic E-state index is 0.0145. The van der Waals surface area contributed by atoms with Crippen molar-refractivity contribution in [2.24, 2.45) is 0 Å². The van der Waals surface area contributed by atoms with E-state index in [-0.39, 0.29) is 11.5 Å². The predicted molar refractivity (Wildman–Crippen MR) is 108 cm³/mol. The van der Waals surface area contributed by atoms with Crippen molar-refractivity contribution in [2.75, 3.05) is 17.7 Å². The molecule has 0 saturated carbocycles. The Morgan fingerprint density at radius 3 is 2.96 bits per heavy atom. The highest BCUT2D eigenvalue weighted by Gasteiger charge is 2.12. The van der Waals surface area contributed by atoms with E-state index in [0.717, 1.165) is 15.7 Å². The Kier molecular flexibility index (Phi) is 5.61. The van der Waals surface area contributed by atoms with E-state index in [0.29, 0.717) is 22.2 Å². The fourth-order valence-electron chi connectivity index (χ4n) is 2.28. The molecule has 0 aliphatic rings. The van der Waals surface area contributed by atoms with Gasteiger partial charge in [0.25, 0.3) is 5.56 Å². The molecule has 3 rings (SSSR count). The molecule has 2 heterocycles. The lowest BCUT2D eigenvalue weighted by molar-refractivity contribution is -0.115. The second-order valence-electron chi connectivity index (χ2n) is 5.52. The molecule has 0 atom stereocenters. The number of rotatable bonds is 5. The number of thiazole rings is 1. The fraction of sp³-hybridized carbons (Fsp3) is 0.235. The molecule has 2 aromatic heterocycles. The first-order valence-corrected chi connectivity index (χ1v) is 10.3. The zero-order valence-corrected chi connectivity index (χ0v) is 16.9. The van der Waals surface area contributed by atoms with Crippen LogP contribution in [0, 0.1) is 6.92 Å². The fourth-order valence-corrected chi connectivity index (χ4v) is 4.10. The number of thioether (sulfide) groups is 1. The predicted octanol–water partition coefficient (Wildman–Crippen LogP) is 3.72. The topological polar surface area (TPSA) is 54.7 Å². The summed E-state index contributed by atoms with van der Waals surface area (Å²) < 4.78 is 2.54. The third kappa shape index (κ3) is 4.13. The Bertz CT molecular complexity index is 983. The summed E-state index contributed by atoms with van der Waals surface area (Å²) in [6, 6.07) is 7.35. The van der Waals surface area contributed by atoms with Gasteiger partial charge in [-0.1, -0.05) is 15.9 Å². The molecule has 0 aliphatic heterocycles. The molecule has 0 bridgehead atoms. The molecule has 0 aliphatic carbocycles. The van der Waals surface area contributed by atoms with Crippen LogP contribution < -0.4 is 10.5 Å². The molecular formula is C17H16BrN3O2S2. The first-order chi connectivity index (χ1) is 12.0. The van der Waals surface area contributed by atoms with Gasteiger partial charge in [-0.2, -0.15) is 0 Å². The monoisotopic (exact) mass is 437 g/mol. The lowest BCUT2D eigenvalue weighted by Gasteiger charge is -2.18. The summed E-state index contributed by atoms with van der Waals surface area (Å²) >= 11 is 6.34. The summed E-state index contributed by atoms with van der Waals surface area (Å²) in [6.45, 7) is 1.99. The number of hydrogen-bond acceptors (Lipinski definition) is 5. The van der Waals surface area contributed by atoms with Gasteiger partial charge in [-0.3, -0.25) is 14.0 Å². The third-order valence-electron chi connectivity index (χ3n) is 3.73. The van der Waals surface area contributed by atoms with Crippen LogP contribution in [-0.4, -0.2) is 28.1 Å². The molecule has 0 fully saturated rings. The molecule has 0 radical (unpaired) electrons. The number of anilines is 1. The summed E-state index contributed by atoms with van der Waals surface area (Å²) in [5.41, 5.74) is 2.56. The van der Waals surface area contributed by atoms with Crippen LogP contribution >= 0.6 is 39.0 Å². The van der Waals surface area contributed by atoms with Gasteiger partial charge < -0.3 is 4.90 Å². The average Bonchev–Trinajstić information content (AvgIpc) is 3.05. The Hall–Kier alpha value is -1.64. The van der Waals surface area contributed by atoms with Gasteiger partial charge in [-0.25, -0.2) is 4.98 Å². The summed E-state index contributed by atoms with van der Waals surface area (Å²) in [5, 5.41) is 1.83. The molecule has 5 nitrogen and oxygen atoms in total. The van der Waals surface area contributed by atoms with E-state index in [1.807, 2.05) is 30.5 Å². The Morgan fingerprint density at radius 1 is 1.40 bits per heavy atom. The number of aromatic nitrogens is 2. The number of hydrogen-bond donors (Lipinski definition) is 0. The van der Waals surface area contributed by atoms with Gasteiger partial charge in [0, 0.05) is 40.6 Å². The van der Waals surface area contributed by atoms with Crippen LogP contribution in [0.2, 0.25) is 0 Å². The largest absolute Gasteiger partial charge is 0.315 e. The number of fused-ring (bicyclic) bond motifs is 1. The van der Waals surface area contributed by atoms with E-state index in [2.05, 4.69) is 20.9 Å². The van der Waals surface area contributed by atoms with Crippen LogP contribution in [0.4, 0.5) is 5.69 Å². The number of nitrogens with zero attached hydrogens (tertiary/aromatic N) is 3. The highest BCUT2D eigenvalue weighted by atomic mass is 79.9. The van der Waals surface area contributed by atoms with Gasteiger partial charge in [-0.15, -0.1) is 23.1 Å². The lowest BCUT2D eigenvalue weighted by Crippen LogP contribution is -2.28. The second kappa shape index (κ2) is 7.72. The maximum absolute atomic E-state index is 12.4. The number of carbonyl (C=O) groups excluding carboxylic acids is 1. The summed E-state index contributed by atoms with van der Waals surface area (Å²) in [4.78, 5) is 31.1. The molecule has 130 valence electrons. The van der Waals surface area contributed by atoms with Gasteiger partial charge in [0.15, 0.2) is 4.96 Å². The van der Waals surface area contributed by atoms with Gasteiger partial charge in [0.05, 0.1) is 11.4 Å². The van der Waals surface area contributed by atoms with Crippen molar-refractivity contribution in [3.8, 4) is 0 Å². The molecule has 1 aromatic carbocycles. The maximum atomic E-state index is 12.4. The van der Waals surface area contributed by atoms with E-state index in [1.54, 1.807) is 18.1 Å². The number of halogens is 1. The van der Waals surface area contributed by atoms with E-state index in [4.69, 9.17) is 0 Å². The first kappa shape index (κ1) is 18.2. The maximum Gasteiger partial charge on any atom is 0.258 e. The zero-order valence-electron chi connectivity index (χ0n) is 13.7. The van der Waals surface area contributed by atoms with Crippen LogP contribution in [0.15, 0.2) is 45.1 Å². The van der Waals surface area contributed by atoms with Crippen molar-refractivity contribution in [1.82, 2.24) is 9.38 Å². The Balaban J connectivity index is 1.61. The molecule has 0 saturated heterocycles. The molecule has 0 N–H and O–H groups in total. The van der Waals surface area contributed by atoms with Crippen molar-refractivity contribution >= 4 is 55.6 Å². The van der Waals surface area contributed by atoms with Crippen LogP contribution in [0.5, 0.6) is 0 Å². The number of amides is 1. The van der Waals surface area contributed by atoms with E-state index in [9.17, 15) is 9.59 Å². The normalized spacial score (nSPS) is 11.0. The van der Waals surface area contributed by atoms with Gasteiger partial charge >= 0.3 is 0 Å². The highest BCUT2D eigenvalue weighted by Crippen LogP contribution is 2.23. The van der Waals surface area contributed by atoms with Gasteiger partial charge in [0.2, 0.25) is 5.91 Å². The quantitative estimate of drug-likeness (QED) is 0.610. The van der Waals surface area contributed by atoms with Crippen LogP contribution in [0.25, 0.3) is 4.96 Å². The molecule has 3 aromatic rings. The van der Waals surface area contributed by atoms with Crippen LogP contribution in [0.1, 0.15) is 11.3 Å². The highest BCUT2D eigenvalue weighted by molar-refractivity contribution is 9.10. The molecule has 0 unspecified atom stereocenters. The van der Waals surface area contributed by atoms with Crippen LogP contribution in [0.3, 0.4) is 0 Å². The minimum atomic E-state index is -0.0874. The van der Waals surface area contributed by atoms with E-state index < -0.39 is 0 Å². The Labute approximate surface area is 161 Å². The number of aryl methyl sites for hydroxylation is 1. The molecule has 0 spiro atoms. The molecule has 8 heteroatoms. The average molecular weight is 438 g/mol. The van der Waals surface area contributed by atoms with Crippen molar-refractivity contribution in [1.29, 1.82) is 0 Å². The van der Waals surface area contributed by atoms with Crippen molar-refractivity contribution < 1.29 is 4.79 Å². The molecular weight excluding hydrogens is 422 g/mol. The standard InChI is InChI=1S/C17H16BrN3O2S2/c1-11-7-13(3-4-14(11)18)20(2)16(23)10-24-9-12-8-15(22)21-5-6-25-17(21)19-12/h3-8H,9-10H2,1-2H3. The van der Waals surface area contributed by atoms with Gasteiger partial charge in [-0.05, 0) is 30.7 Å². The van der Waals surface area contributed by atoms with Crippen molar-refractivity contribution in [3.05, 3.63) is 61.9 Å². The smallest absolute Gasteiger partial charge is 0.258 e. The Morgan fingerprint density at radius 2 is 2.20 bits per heavy atom. The first-order valence-electron chi connectivity index (χ1n) is 7.52. The minimum Gasteiger partial charge on any atom is -0.315 e. The summed E-state index contributed by atoms with van der Waals surface area (Å²) in [5.74, 6) is 0.875. The van der Waals surface area contributed by atoms with Crippen molar-refractivity contribution in [2.45, 2.75) is 12.7 Å². The van der Waals surface area contributed by atoms with Crippen LogP contribution in [-0.2, 0) is 10.5 Å². The third-order valence-corrected chi connectivity index (χ3v) is 6.33. The SMILES string of the molecule is Cc1cc(N(C)C(=O)CSCc2cc(=O)n3ccsc3n2)ccc1Br. The van der Waals surface area contributed by atoms with E-state index >= 15 is 0 Å². The number of benzene rings is 1. The zero-order chi connectivity index (χ0) is 18.0. The van der Waals surface area contributed by atoms with Gasteiger partial charge in [0.1, 0.15) is 0 Å². The molecule has 25 heavy (non-hydrogen) atoms. The van der Waals surface area contributed by atoms with E-state index in [1.165, 1.54) is 33.6 Å². The lowest BCUT2D eigenvalue weighted by atomic mass is 10.2. The summed E-state index contributed by atoms with van der Waals surface area (Å²) in [6.07, 6.45) is 1.71.